The fourth-order valence-corrected chi connectivity index (χ4v) is 2.78. The first kappa shape index (κ1) is 11.4. The highest BCUT2D eigenvalue weighted by Gasteiger charge is 2.54. The highest BCUT2D eigenvalue weighted by molar-refractivity contribution is 5.83. The van der Waals surface area contributed by atoms with Gasteiger partial charge in [0.05, 0.1) is 6.54 Å². The molecule has 0 aromatic carbocycles. The predicted octanol–water partition coefficient (Wildman–Crippen LogP) is -0.0157. The Hall–Kier alpha value is -1.10. The largest absolute Gasteiger partial charge is 0.479 e. The maximum Gasteiger partial charge on any atom is 0.334 e. The van der Waals surface area contributed by atoms with Gasteiger partial charge in [0, 0.05) is 5.92 Å². The van der Waals surface area contributed by atoms with Crippen molar-refractivity contribution in [1.82, 2.24) is 5.32 Å². The van der Waals surface area contributed by atoms with Gasteiger partial charge in [0.15, 0.2) is 6.10 Å². The van der Waals surface area contributed by atoms with Gasteiger partial charge in [-0.25, -0.2) is 4.79 Å². The molecule has 90 valence electrons. The summed E-state index contributed by atoms with van der Waals surface area (Å²) in [6.45, 7) is -0.190. The molecule has 2 saturated carbocycles. The standard InChI is InChI=1S/C11H17NO4/c13-8(11(15)16)5-12-10(14)9-6-3-1-2-4-7(6)9/h6-9,13H,1-5H2,(H,12,14)(H,15,16)/t6?,7?,8-,9?/m0/s1. The number of nitrogens with one attached hydrogen (secondary N) is 1. The van der Waals surface area contributed by atoms with Crippen molar-refractivity contribution in [2.75, 3.05) is 6.54 Å². The molecule has 0 spiro atoms. The lowest BCUT2D eigenvalue weighted by atomic mass is 10.0. The Morgan fingerprint density at radius 2 is 1.81 bits per heavy atom. The van der Waals surface area contributed by atoms with E-state index in [1.54, 1.807) is 0 Å². The Bertz CT molecular complexity index is 292. The van der Waals surface area contributed by atoms with E-state index in [0.717, 1.165) is 12.8 Å². The second-order valence-electron chi connectivity index (χ2n) is 4.74. The Morgan fingerprint density at radius 3 is 2.31 bits per heavy atom. The molecule has 5 heteroatoms. The number of fused-ring (bicyclic) bond motifs is 1. The molecule has 3 atom stereocenters. The fourth-order valence-electron chi connectivity index (χ4n) is 2.78. The van der Waals surface area contributed by atoms with Gasteiger partial charge in [0.25, 0.3) is 0 Å². The van der Waals surface area contributed by atoms with Crippen LogP contribution in [0.5, 0.6) is 0 Å². The predicted molar refractivity (Wildman–Crippen MR) is 55.6 cm³/mol. The maximum absolute atomic E-state index is 11.7. The van der Waals surface area contributed by atoms with E-state index >= 15 is 0 Å². The highest BCUT2D eigenvalue weighted by atomic mass is 16.4. The number of rotatable bonds is 4. The molecule has 1 amide bonds. The van der Waals surface area contributed by atoms with E-state index in [2.05, 4.69) is 5.32 Å². The number of aliphatic carboxylic acids is 1. The van der Waals surface area contributed by atoms with Crippen LogP contribution in [-0.2, 0) is 9.59 Å². The molecule has 0 radical (unpaired) electrons. The van der Waals surface area contributed by atoms with E-state index < -0.39 is 12.1 Å². The van der Waals surface area contributed by atoms with Crippen molar-refractivity contribution in [1.29, 1.82) is 0 Å². The molecule has 2 aliphatic rings. The second-order valence-corrected chi connectivity index (χ2v) is 4.74. The number of carbonyl (C=O) groups excluding carboxylic acids is 1. The first-order valence-corrected chi connectivity index (χ1v) is 5.80. The molecule has 0 aromatic heterocycles. The number of carboxylic acids is 1. The van der Waals surface area contributed by atoms with E-state index in [-0.39, 0.29) is 18.4 Å². The molecule has 2 fully saturated rings. The van der Waals surface area contributed by atoms with Crippen molar-refractivity contribution in [3.8, 4) is 0 Å². The van der Waals surface area contributed by atoms with Crippen LogP contribution < -0.4 is 5.32 Å². The van der Waals surface area contributed by atoms with Crippen LogP contribution in [0.1, 0.15) is 25.7 Å². The highest BCUT2D eigenvalue weighted by Crippen LogP contribution is 2.55. The second kappa shape index (κ2) is 4.41. The van der Waals surface area contributed by atoms with Gasteiger partial charge < -0.3 is 15.5 Å². The molecule has 0 heterocycles. The molecule has 2 unspecified atom stereocenters. The van der Waals surface area contributed by atoms with Gasteiger partial charge in [-0.1, -0.05) is 12.8 Å². The van der Waals surface area contributed by atoms with Gasteiger partial charge in [-0.2, -0.15) is 0 Å². The Kier molecular flexibility index (Phi) is 3.14. The van der Waals surface area contributed by atoms with Crippen molar-refractivity contribution in [3.63, 3.8) is 0 Å². The summed E-state index contributed by atoms with van der Waals surface area (Å²) < 4.78 is 0. The minimum Gasteiger partial charge on any atom is -0.479 e. The third-order valence-corrected chi connectivity index (χ3v) is 3.71. The topological polar surface area (TPSA) is 86.6 Å². The summed E-state index contributed by atoms with van der Waals surface area (Å²) in [6, 6.07) is 0. The molecule has 3 N–H and O–H groups in total. The van der Waals surface area contributed by atoms with Crippen LogP contribution in [0.25, 0.3) is 0 Å². The summed E-state index contributed by atoms with van der Waals surface area (Å²) in [5.41, 5.74) is 0. The van der Waals surface area contributed by atoms with Crippen LogP contribution in [0, 0.1) is 17.8 Å². The quantitative estimate of drug-likeness (QED) is 0.630. The van der Waals surface area contributed by atoms with E-state index in [4.69, 9.17) is 10.2 Å². The van der Waals surface area contributed by atoms with Crippen LogP contribution >= 0.6 is 0 Å². The number of aliphatic hydroxyl groups is 1. The summed E-state index contributed by atoms with van der Waals surface area (Å²) in [7, 11) is 0. The lowest BCUT2D eigenvalue weighted by Gasteiger charge is -2.07. The smallest absolute Gasteiger partial charge is 0.334 e. The summed E-state index contributed by atoms with van der Waals surface area (Å²) in [5.74, 6) is -0.291. The molecule has 0 bridgehead atoms. The minimum absolute atomic E-state index is 0.0727. The first-order valence-electron chi connectivity index (χ1n) is 5.80. The number of carboxylic acid groups (broad SMARTS) is 1. The molecular weight excluding hydrogens is 210 g/mol. The molecule has 0 aliphatic heterocycles. The number of aliphatic hydroxyl groups excluding tert-OH is 1. The maximum atomic E-state index is 11.7. The van der Waals surface area contributed by atoms with E-state index in [1.807, 2.05) is 0 Å². The van der Waals surface area contributed by atoms with Crippen molar-refractivity contribution >= 4 is 11.9 Å². The van der Waals surface area contributed by atoms with Gasteiger partial charge in [-0.05, 0) is 24.7 Å². The van der Waals surface area contributed by atoms with Gasteiger partial charge in [-0.15, -0.1) is 0 Å². The number of hydrogen-bond acceptors (Lipinski definition) is 3. The summed E-state index contributed by atoms with van der Waals surface area (Å²) in [6.07, 6.45) is 3.13. The van der Waals surface area contributed by atoms with Crippen LogP contribution in [-0.4, -0.2) is 34.7 Å². The lowest BCUT2D eigenvalue weighted by molar-refractivity contribution is -0.146. The number of hydrogen-bond donors (Lipinski definition) is 3. The van der Waals surface area contributed by atoms with Crippen LogP contribution in [0.4, 0.5) is 0 Å². The molecule has 16 heavy (non-hydrogen) atoms. The summed E-state index contributed by atoms with van der Waals surface area (Å²) in [5, 5.41) is 20.0. The molecule has 0 aromatic rings. The molecule has 0 saturated heterocycles. The van der Waals surface area contributed by atoms with Gasteiger partial charge in [0.2, 0.25) is 5.91 Å². The van der Waals surface area contributed by atoms with Crippen molar-refractivity contribution < 1.29 is 19.8 Å². The fraction of sp³-hybridized carbons (Fsp3) is 0.818. The van der Waals surface area contributed by atoms with Crippen molar-refractivity contribution in [3.05, 3.63) is 0 Å². The molecule has 2 rings (SSSR count). The first-order chi connectivity index (χ1) is 7.61. The Morgan fingerprint density at radius 1 is 1.25 bits per heavy atom. The summed E-state index contributed by atoms with van der Waals surface area (Å²) in [4.78, 5) is 22.0. The average Bonchev–Trinajstić information content (AvgIpc) is 2.99. The zero-order valence-corrected chi connectivity index (χ0v) is 9.06. The van der Waals surface area contributed by atoms with Gasteiger partial charge in [0.1, 0.15) is 0 Å². The van der Waals surface area contributed by atoms with E-state index in [9.17, 15) is 9.59 Å². The normalized spacial score (nSPS) is 33.7. The third kappa shape index (κ3) is 2.19. The molecule has 5 nitrogen and oxygen atoms in total. The minimum atomic E-state index is -1.50. The Labute approximate surface area is 93.8 Å². The summed E-state index contributed by atoms with van der Waals surface area (Å²) >= 11 is 0. The van der Waals surface area contributed by atoms with Crippen molar-refractivity contribution in [2.24, 2.45) is 17.8 Å². The van der Waals surface area contributed by atoms with Crippen LogP contribution in [0.3, 0.4) is 0 Å². The lowest BCUT2D eigenvalue weighted by Crippen LogP contribution is -2.37. The van der Waals surface area contributed by atoms with Gasteiger partial charge >= 0.3 is 5.97 Å². The molecule has 2 aliphatic carbocycles. The number of amides is 1. The third-order valence-electron chi connectivity index (χ3n) is 3.71. The Balaban J connectivity index is 1.75. The molecular formula is C11H17NO4. The number of carbonyl (C=O) groups is 2. The SMILES string of the molecule is O=C(NC[C@H](O)C(=O)O)C1C2CCCCC21. The monoisotopic (exact) mass is 227 g/mol. The zero-order valence-electron chi connectivity index (χ0n) is 9.06. The van der Waals surface area contributed by atoms with Crippen molar-refractivity contribution in [2.45, 2.75) is 31.8 Å². The van der Waals surface area contributed by atoms with Gasteiger partial charge in [-0.3, -0.25) is 4.79 Å². The zero-order chi connectivity index (χ0) is 11.7. The average molecular weight is 227 g/mol. The van der Waals surface area contributed by atoms with Crippen LogP contribution in [0.15, 0.2) is 0 Å². The van der Waals surface area contributed by atoms with E-state index in [1.165, 1.54) is 12.8 Å². The van der Waals surface area contributed by atoms with Crippen LogP contribution in [0.2, 0.25) is 0 Å². The van der Waals surface area contributed by atoms with E-state index in [0.29, 0.717) is 11.8 Å².